The van der Waals surface area contributed by atoms with E-state index in [-0.39, 0.29) is 4.90 Å². The topological polar surface area (TPSA) is 80.4 Å². The molecule has 0 bridgehead atoms. The van der Waals surface area contributed by atoms with Crippen molar-refractivity contribution in [2.24, 2.45) is 5.73 Å². The minimum atomic E-state index is -3.61. The molecule has 3 atom stereocenters. The van der Waals surface area contributed by atoms with Gasteiger partial charge in [0.25, 0.3) is 0 Å². The van der Waals surface area contributed by atoms with Gasteiger partial charge in [-0.25, -0.2) is 8.42 Å². The van der Waals surface area contributed by atoms with Gasteiger partial charge in [-0.15, -0.1) is 0 Å². The molecule has 0 amide bonds. The molecule has 1 aliphatic carbocycles. The molecule has 2 aromatic rings. The molecule has 1 saturated carbocycles. The summed E-state index contributed by atoms with van der Waals surface area (Å²) in [5.41, 5.74) is 5.77. The second kappa shape index (κ2) is 5.35. The molecule has 0 saturated heterocycles. The van der Waals surface area contributed by atoms with Gasteiger partial charge in [-0.3, -0.25) is 0 Å². The van der Waals surface area contributed by atoms with Crippen molar-refractivity contribution in [3.05, 3.63) is 65.2 Å². The average molecular weight is 338 g/mol. The molecule has 0 unspecified atom stereocenters. The highest BCUT2D eigenvalue weighted by Crippen LogP contribution is 2.55. The summed E-state index contributed by atoms with van der Waals surface area (Å²) in [6.45, 7) is -0.392. The first-order valence-corrected chi connectivity index (χ1v) is 8.78. The van der Waals surface area contributed by atoms with E-state index in [0.29, 0.717) is 5.02 Å². The lowest BCUT2D eigenvalue weighted by atomic mass is 10.1. The van der Waals surface area contributed by atoms with Gasteiger partial charge in [0.15, 0.2) is 9.84 Å². The number of hydrogen-bond donors (Lipinski definition) is 2. The van der Waals surface area contributed by atoms with Crippen molar-refractivity contribution in [2.75, 3.05) is 6.61 Å². The molecule has 0 heterocycles. The first-order chi connectivity index (χ1) is 10.4. The van der Waals surface area contributed by atoms with E-state index in [2.05, 4.69) is 0 Å². The van der Waals surface area contributed by atoms with E-state index in [4.69, 9.17) is 17.3 Å². The molecule has 1 aliphatic rings. The van der Waals surface area contributed by atoms with Crippen molar-refractivity contribution >= 4 is 21.4 Å². The van der Waals surface area contributed by atoms with E-state index in [1.807, 2.05) is 0 Å². The van der Waals surface area contributed by atoms with Gasteiger partial charge in [0.2, 0.25) is 0 Å². The third-order valence-electron chi connectivity index (χ3n) is 4.21. The van der Waals surface area contributed by atoms with Crippen molar-refractivity contribution in [1.82, 2.24) is 0 Å². The molecule has 2 aromatic carbocycles. The van der Waals surface area contributed by atoms with Crippen molar-refractivity contribution in [2.45, 2.75) is 21.6 Å². The van der Waals surface area contributed by atoms with E-state index in [1.54, 1.807) is 54.6 Å². The van der Waals surface area contributed by atoms with Crippen LogP contribution in [0.3, 0.4) is 0 Å². The molecule has 4 nitrogen and oxygen atoms in total. The molecule has 3 rings (SSSR count). The third kappa shape index (κ3) is 2.34. The summed E-state index contributed by atoms with van der Waals surface area (Å²) in [6, 6.07) is 15.1. The highest BCUT2D eigenvalue weighted by atomic mass is 35.5. The van der Waals surface area contributed by atoms with Crippen LogP contribution in [0.25, 0.3) is 0 Å². The Morgan fingerprint density at radius 2 is 1.68 bits per heavy atom. The molecule has 0 spiro atoms. The number of aliphatic hydroxyl groups excluding tert-OH is 1. The first-order valence-electron chi connectivity index (χ1n) is 6.85. The molecule has 0 radical (unpaired) electrons. The SMILES string of the molecule is N[C@]1(CO)[C@H](c2ccc(Cl)cc2)[C@@H]1S(=O)(=O)c1ccccc1. The number of rotatable bonds is 4. The van der Waals surface area contributed by atoms with Crippen LogP contribution in [-0.4, -0.2) is 30.9 Å². The summed E-state index contributed by atoms with van der Waals surface area (Å²) in [5, 5.41) is 9.35. The quantitative estimate of drug-likeness (QED) is 0.893. The number of halogens is 1. The smallest absolute Gasteiger partial charge is 0.183 e. The third-order valence-corrected chi connectivity index (χ3v) is 6.77. The van der Waals surface area contributed by atoms with Crippen molar-refractivity contribution < 1.29 is 13.5 Å². The van der Waals surface area contributed by atoms with Gasteiger partial charge in [0.1, 0.15) is 0 Å². The molecule has 0 aliphatic heterocycles. The number of nitrogens with two attached hydrogens (primary N) is 1. The van der Waals surface area contributed by atoms with Crippen LogP contribution in [0.2, 0.25) is 5.02 Å². The van der Waals surface area contributed by atoms with E-state index < -0.39 is 33.2 Å². The standard InChI is InChI=1S/C16H16ClNO3S/c17-12-8-6-11(7-9-12)14-15(16(14,18)10-19)22(20,21)13-4-2-1-3-5-13/h1-9,14-15,19H,10,18H2/t14-,15+,16-/m1/s1. The van der Waals surface area contributed by atoms with Crippen LogP contribution in [0.4, 0.5) is 0 Å². The van der Waals surface area contributed by atoms with Crippen molar-refractivity contribution in [3.63, 3.8) is 0 Å². The predicted molar refractivity (Wildman–Crippen MR) is 85.6 cm³/mol. The Kier molecular flexibility index (Phi) is 3.77. The van der Waals surface area contributed by atoms with Crippen molar-refractivity contribution in [1.29, 1.82) is 0 Å². The first kappa shape index (κ1) is 15.5. The number of aliphatic hydroxyl groups is 1. The maximum absolute atomic E-state index is 12.8. The van der Waals surface area contributed by atoms with Gasteiger partial charge in [-0.1, -0.05) is 41.9 Å². The fourth-order valence-electron chi connectivity index (χ4n) is 2.99. The maximum atomic E-state index is 12.8. The van der Waals surface area contributed by atoms with Crippen LogP contribution >= 0.6 is 11.6 Å². The van der Waals surface area contributed by atoms with Gasteiger partial charge in [-0.2, -0.15) is 0 Å². The second-order valence-electron chi connectivity index (χ2n) is 5.58. The van der Waals surface area contributed by atoms with Gasteiger partial charge >= 0.3 is 0 Å². The van der Waals surface area contributed by atoms with E-state index >= 15 is 0 Å². The minimum Gasteiger partial charge on any atom is -0.394 e. The summed E-state index contributed by atoms with van der Waals surface area (Å²) in [7, 11) is -3.61. The summed E-state index contributed by atoms with van der Waals surface area (Å²) < 4.78 is 25.6. The molecule has 1 fully saturated rings. The lowest BCUT2D eigenvalue weighted by molar-refractivity contribution is 0.253. The van der Waals surface area contributed by atoms with E-state index in [0.717, 1.165) is 5.56 Å². The minimum absolute atomic E-state index is 0.222. The second-order valence-corrected chi connectivity index (χ2v) is 8.08. The molecule has 3 N–H and O–H groups in total. The normalized spacial score (nSPS) is 27.6. The largest absolute Gasteiger partial charge is 0.394 e. The Bertz CT molecular complexity index is 777. The number of hydrogen-bond acceptors (Lipinski definition) is 4. The monoisotopic (exact) mass is 337 g/mol. The van der Waals surface area contributed by atoms with Gasteiger partial charge < -0.3 is 10.8 Å². The van der Waals surface area contributed by atoms with Crippen LogP contribution in [-0.2, 0) is 9.84 Å². The fourth-order valence-corrected chi connectivity index (χ4v) is 5.44. The van der Waals surface area contributed by atoms with E-state index in [1.165, 1.54) is 0 Å². The Hall–Kier alpha value is -1.40. The summed E-state index contributed by atoms with van der Waals surface area (Å²) >= 11 is 5.87. The zero-order valence-corrected chi connectivity index (χ0v) is 13.3. The van der Waals surface area contributed by atoms with Gasteiger partial charge in [0.05, 0.1) is 22.3 Å². The fraction of sp³-hybridized carbons (Fsp3) is 0.250. The van der Waals surface area contributed by atoms with E-state index in [9.17, 15) is 13.5 Å². The Morgan fingerprint density at radius 1 is 1.09 bits per heavy atom. The lowest BCUT2D eigenvalue weighted by Gasteiger charge is -2.08. The molecule has 6 heteroatoms. The Balaban J connectivity index is 2.02. The van der Waals surface area contributed by atoms with Crippen molar-refractivity contribution in [3.8, 4) is 0 Å². The number of sulfone groups is 1. The lowest BCUT2D eigenvalue weighted by Crippen LogP contribution is -2.35. The molecule has 0 aromatic heterocycles. The Labute approximate surface area is 134 Å². The van der Waals surface area contributed by atoms with Crippen LogP contribution in [0.5, 0.6) is 0 Å². The number of benzene rings is 2. The van der Waals surface area contributed by atoms with Gasteiger partial charge in [-0.05, 0) is 29.8 Å². The zero-order valence-electron chi connectivity index (χ0n) is 11.7. The zero-order chi connectivity index (χ0) is 16.0. The molecule has 116 valence electrons. The highest BCUT2D eigenvalue weighted by molar-refractivity contribution is 7.92. The average Bonchev–Trinajstić information content (AvgIpc) is 3.17. The van der Waals surface area contributed by atoms with Gasteiger partial charge in [0, 0.05) is 10.9 Å². The summed E-state index contributed by atoms with van der Waals surface area (Å²) in [4.78, 5) is 0.222. The van der Waals surface area contributed by atoms with Crippen LogP contribution < -0.4 is 5.73 Å². The molecular weight excluding hydrogens is 322 g/mol. The highest BCUT2D eigenvalue weighted by Gasteiger charge is 2.68. The van der Waals surface area contributed by atoms with Crippen LogP contribution in [0.1, 0.15) is 11.5 Å². The van der Waals surface area contributed by atoms with Crippen LogP contribution in [0.15, 0.2) is 59.5 Å². The van der Waals surface area contributed by atoms with Crippen LogP contribution in [0, 0.1) is 0 Å². The summed E-state index contributed by atoms with van der Waals surface area (Å²) in [5.74, 6) is -0.444. The summed E-state index contributed by atoms with van der Waals surface area (Å²) in [6.07, 6.45) is 0. The molecule has 22 heavy (non-hydrogen) atoms. The molecular formula is C16H16ClNO3S. The maximum Gasteiger partial charge on any atom is 0.183 e. The Morgan fingerprint density at radius 3 is 2.23 bits per heavy atom. The predicted octanol–water partition coefficient (Wildman–Crippen LogP) is 1.97.